The summed E-state index contributed by atoms with van der Waals surface area (Å²) in [6.45, 7) is 1.83. The molecule has 0 amide bonds. The number of benzene rings is 1. The van der Waals surface area contributed by atoms with Crippen LogP contribution in [0.25, 0.3) is 0 Å². The van der Waals surface area contributed by atoms with Gasteiger partial charge in [-0.25, -0.2) is 0 Å². The Labute approximate surface area is 78.6 Å². The quantitative estimate of drug-likeness (QED) is 0.679. The Bertz CT molecular complexity index is 273. The molecular formula is C7H8BrClN2. The maximum Gasteiger partial charge on any atom is 0.0695 e. The lowest BCUT2D eigenvalue weighted by Gasteiger charge is -2.07. The van der Waals surface area contributed by atoms with E-state index in [1.807, 2.05) is 6.92 Å². The third-order valence-corrected chi connectivity index (χ3v) is 2.61. The molecule has 4 heteroatoms. The van der Waals surface area contributed by atoms with E-state index in [4.69, 9.17) is 23.1 Å². The molecule has 0 aliphatic rings. The van der Waals surface area contributed by atoms with Crippen LogP contribution in [0.3, 0.4) is 0 Å². The zero-order valence-corrected chi connectivity index (χ0v) is 8.33. The second-order valence-electron chi connectivity index (χ2n) is 2.29. The average molecular weight is 236 g/mol. The summed E-state index contributed by atoms with van der Waals surface area (Å²) in [6.07, 6.45) is 0. The third-order valence-electron chi connectivity index (χ3n) is 1.56. The van der Waals surface area contributed by atoms with Crippen LogP contribution in [0.5, 0.6) is 0 Å². The Morgan fingerprint density at radius 3 is 2.45 bits per heavy atom. The van der Waals surface area contributed by atoms with Gasteiger partial charge in [0.1, 0.15) is 0 Å². The molecule has 0 fully saturated rings. The van der Waals surface area contributed by atoms with Crippen LogP contribution in [0, 0.1) is 6.92 Å². The van der Waals surface area contributed by atoms with Crippen LogP contribution in [0.15, 0.2) is 10.5 Å². The lowest BCUT2D eigenvalue weighted by Crippen LogP contribution is -1.98. The Morgan fingerprint density at radius 1 is 1.36 bits per heavy atom. The summed E-state index contributed by atoms with van der Waals surface area (Å²) >= 11 is 9.07. The molecule has 0 unspecified atom stereocenters. The Hall–Kier alpha value is -0.410. The summed E-state index contributed by atoms with van der Waals surface area (Å²) in [7, 11) is 0. The Balaban J connectivity index is 3.46. The maximum absolute atomic E-state index is 5.83. The smallest absolute Gasteiger partial charge is 0.0695 e. The highest BCUT2D eigenvalue weighted by atomic mass is 79.9. The minimum Gasteiger partial charge on any atom is -0.397 e. The highest BCUT2D eigenvalue weighted by Crippen LogP contribution is 2.33. The van der Waals surface area contributed by atoms with Crippen LogP contribution < -0.4 is 11.5 Å². The number of nitrogen functional groups attached to an aromatic ring is 2. The van der Waals surface area contributed by atoms with Crippen molar-refractivity contribution >= 4 is 38.9 Å². The summed E-state index contributed by atoms with van der Waals surface area (Å²) in [5.41, 5.74) is 13.2. The van der Waals surface area contributed by atoms with Gasteiger partial charge in [-0.1, -0.05) is 11.6 Å². The predicted octanol–water partition coefficient (Wildman–Crippen LogP) is 2.58. The first kappa shape index (κ1) is 8.68. The van der Waals surface area contributed by atoms with E-state index in [1.54, 1.807) is 6.07 Å². The van der Waals surface area contributed by atoms with Crippen molar-refractivity contribution in [2.45, 2.75) is 6.92 Å². The van der Waals surface area contributed by atoms with Gasteiger partial charge in [-0.3, -0.25) is 0 Å². The molecule has 1 aromatic carbocycles. The van der Waals surface area contributed by atoms with Gasteiger partial charge >= 0.3 is 0 Å². The normalized spacial score (nSPS) is 10.1. The minimum atomic E-state index is 0.546. The number of hydrogen-bond donors (Lipinski definition) is 2. The predicted molar refractivity (Wildman–Crippen MR) is 52.7 cm³/mol. The van der Waals surface area contributed by atoms with Gasteiger partial charge in [-0.15, -0.1) is 0 Å². The van der Waals surface area contributed by atoms with Crippen molar-refractivity contribution in [2.75, 3.05) is 11.5 Å². The van der Waals surface area contributed by atoms with Gasteiger partial charge in [0.05, 0.1) is 11.4 Å². The average Bonchev–Trinajstić information content (AvgIpc) is 1.97. The summed E-state index contributed by atoms with van der Waals surface area (Å²) < 4.78 is 0.741. The van der Waals surface area contributed by atoms with E-state index < -0.39 is 0 Å². The number of halogens is 2. The van der Waals surface area contributed by atoms with Crippen LogP contribution in [-0.4, -0.2) is 0 Å². The number of nitrogens with two attached hydrogens (primary N) is 2. The third kappa shape index (κ3) is 1.44. The van der Waals surface area contributed by atoms with Crippen molar-refractivity contribution in [1.82, 2.24) is 0 Å². The summed E-state index contributed by atoms with van der Waals surface area (Å²) in [5, 5.41) is 0.628. The molecule has 0 aliphatic carbocycles. The highest BCUT2D eigenvalue weighted by Gasteiger charge is 2.06. The fraction of sp³-hybridized carbons (Fsp3) is 0.143. The van der Waals surface area contributed by atoms with Crippen LogP contribution >= 0.6 is 27.5 Å². The van der Waals surface area contributed by atoms with E-state index >= 15 is 0 Å². The Kier molecular flexibility index (Phi) is 2.30. The molecule has 1 rings (SSSR count). The zero-order valence-electron chi connectivity index (χ0n) is 5.99. The van der Waals surface area contributed by atoms with Gasteiger partial charge in [-0.05, 0) is 34.5 Å². The topological polar surface area (TPSA) is 52.0 Å². The van der Waals surface area contributed by atoms with Crippen molar-refractivity contribution in [3.05, 3.63) is 21.1 Å². The first-order chi connectivity index (χ1) is 5.04. The lowest BCUT2D eigenvalue weighted by atomic mass is 10.2. The van der Waals surface area contributed by atoms with Crippen molar-refractivity contribution < 1.29 is 0 Å². The number of anilines is 2. The standard InChI is InChI=1S/C7H8BrClN2/c1-3-5(9)2-4(8)7(11)6(3)10/h2H,10-11H2,1H3. The monoisotopic (exact) mass is 234 g/mol. The van der Waals surface area contributed by atoms with Gasteiger partial charge in [-0.2, -0.15) is 0 Å². The van der Waals surface area contributed by atoms with Gasteiger partial charge < -0.3 is 11.5 Å². The first-order valence-electron chi connectivity index (χ1n) is 3.03. The fourth-order valence-corrected chi connectivity index (χ4v) is 1.54. The SMILES string of the molecule is Cc1c(Cl)cc(Br)c(N)c1N. The van der Waals surface area contributed by atoms with Crippen molar-refractivity contribution in [3.8, 4) is 0 Å². The molecule has 0 saturated carbocycles. The van der Waals surface area contributed by atoms with E-state index in [0.717, 1.165) is 10.0 Å². The summed E-state index contributed by atoms with van der Waals surface area (Å²) in [6, 6.07) is 1.74. The molecular weight excluding hydrogens is 227 g/mol. The van der Waals surface area contributed by atoms with E-state index in [2.05, 4.69) is 15.9 Å². The van der Waals surface area contributed by atoms with Gasteiger partial charge in [0.2, 0.25) is 0 Å². The molecule has 0 heterocycles. The van der Waals surface area contributed by atoms with E-state index in [9.17, 15) is 0 Å². The minimum absolute atomic E-state index is 0.546. The van der Waals surface area contributed by atoms with Crippen molar-refractivity contribution in [1.29, 1.82) is 0 Å². The van der Waals surface area contributed by atoms with Crippen molar-refractivity contribution in [2.24, 2.45) is 0 Å². The zero-order chi connectivity index (χ0) is 8.59. The Morgan fingerprint density at radius 2 is 1.91 bits per heavy atom. The van der Waals surface area contributed by atoms with E-state index in [0.29, 0.717) is 16.4 Å². The summed E-state index contributed by atoms with van der Waals surface area (Å²) in [5.74, 6) is 0. The second kappa shape index (κ2) is 2.91. The van der Waals surface area contributed by atoms with Crippen LogP contribution in [-0.2, 0) is 0 Å². The molecule has 1 aromatic rings. The van der Waals surface area contributed by atoms with Crippen molar-refractivity contribution in [3.63, 3.8) is 0 Å². The maximum atomic E-state index is 5.83. The molecule has 0 radical (unpaired) electrons. The molecule has 0 saturated heterocycles. The molecule has 2 nitrogen and oxygen atoms in total. The molecule has 0 atom stereocenters. The molecule has 60 valence electrons. The van der Waals surface area contributed by atoms with Crippen LogP contribution in [0.2, 0.25) is 5.02 Å². The molecule has 4 N–H and O–H groups in total. The first-order valence-corrected chi connectivity index (χ1v) is 4.20. The molecule has 0 aromatic heterocycles. The molecule has 11 heavy (non-hydrogen) atoms. The van der Waals surface area contributed by atoms with Gasteiger partial charge in [0, 0.05) is 9.50 Å². The second-order valence-corrected chi connectivity index (χ2v) is 3.55. The fourth-order valence-electron chi connectivity index (χ4n) is 0.757. The largest absolute Gasteiger partial charge is 0.397 e. The van der Waals surface area contributed by atoms with Gasteiger partial charge in [0.15, 0.2) is 0 Å². The van der Waals surface area contributed by atoms with Crippen LogP contribution in [0.4, 0.5) is 11.4 Å². The lowest BCUT2D eigenvalue weighted by molar-refractivity contribution is 1.45. The van der Waals surface area contributed by atoms with E-state index in [1.165, 1.54) is 0 Å². The molecule has 0 bridgehead atoms. The number of rotatable bonds is 0. The summed E-state index contributed by atoms with van der Waals surface area (Å²) in [4.78, 5) is 0. The molecule has 0 spiro atoms. The number of hydrogen-bond acceptors (Lipinski definition) is 2. The van der Waals surface area contributed by atoms with E-state index in [-0.39, 0.29) is 0 Å². The van der Waals surface area contributed by atoms with Crippen LogP contribution in [0.1, 0.15) is 5.56 Å². The molecule has 0 aliphatic heterocycles. The van der Waals surface area contributed by atoms with Gasteiger partial charge in [0.25, 0.3) is 0 Å². The highest BCUT2D eigenvalue weighted by molar-refractivity contribution is 9.10.